The van der Waals surface area contributed by atoms with Crippen molar-refractivity contribution in [2.75, 3.05) is 13.7 Å². The van der Waals surface area contributed by atoms with E-state index in [-0.39, 0.29) is 11.9 Å². The van der Waals surface area contributed by atoms with Gasteiger partial charge in [0.05, 0.1) is 12.0 Å². The van der Waals surface area contributed by atoms with Crippen molar-refractivity contribution in [3.63, 3.8) is 0 Å². The van der Waals surface area contributed by atoms with Crippen LogP contribution in [0.25, 0.3) is 0 Å². The monoisotopic (exact) mass is 311 g/mol. The van der Waals surface area contributed by atoms with E-state index >= 15 is 0 Å². The van der Waals surface area contributed by atoms with Crippen molar-refractivity contribution in [1.82, 2.24) is 5.32 Å². The molecule has 1 atom stereocenters. The summed E-state index contributed by atoms with van der Waals surface area (Å²) in [5.41, 5.74) is 0.374. The van der Waals surface area contributed by atoms with E-state index < -0.39 is 5.82 Å². The van der Waals surface area contributed by atoms with Gasteiger partial charge in [0.25, 0.3) is 0 Å². The lowest BCUT2D eigenvalue weighted by Gasteiger charge is -2.19. The average molecular weight is 311 g/mol. The molecule has 0 saturated heterocycles. The molecule has 0 bridgehead atoms. The quantitative estimate of drug-likeness (QED) is 0.822. The molecule has 0 aliphatic rings. The lowest BCUT2D eigenvalue weighted by Crippen LogP contribution is -2.24. The molecule has 0 fully saturated rings. The summed E-state index contributed by atoms with van der Waals surface area (Å²) in [5.74, 6) is -0.0144. The molecule has 0 radical (unpaired) electrons. The highest BCUT2D eigenvalue weighted by Gasteiger charge is 2.19. The maximum atomic E-state index is 13.9. The van der Waals surface area contributed by atoms with Crippen molar-refractivity contribution in [2.45, 2.75) is 25.8 Å². The summed E-state index contributed by atoms with van der Waals surface area (Å²) in [6.45, 7) is 2.88. The number of ether oxygens (including phenoxy) is 1. The average Bonchev–Trinajstić information content (AvgIpc) is 2.95. The smallest absolute Gasteiger partial charge is 0.134 e. The molecule has 0 amide bonds. The van der Waals surface area contributed by atoms with E-state index in [1.54, 1.807) is 18.4 Å². The highest BCUT2D eigenvalue weighted by atomic mass is 32.1. The Morgan fingerprint density at radius 2 is 2.10 bits per heavy atom. The van der Waals surface area contributed by atoms with E-state index in [1.165, 1.54) is 12.1 Å². The third kappa shape index (κ3) is 4.02. The first-order valence-corrected chi connectivity index (χ1v) is 7.82. The maximum Gasteiger partial charge on any atom is 0.134 e. The molecule has 1 N–H and O–H groups in total. The number of halogens is 2. The van der Waals surface area contributed by atoms with Gasteiger partial charge in [-0.25, -0.2) is 8.78 Å². The fourth-order valence-corrected chi connectivity index (χ4v) is 3.16. The second-order valence-electron chi connectivity index (χ2n) is 4.80. The maximum absolute atomic E-state index is 13.9. The summed E-state index contributed by atoms with van der Waals surface area (Å²) in [4.78, 5) is 1.01. The lowest BCUT2D eigenvalue weighted by atomic mass is 10.0. The lowest BCUT2D eigenvalue weighted by molar-refractivity contribution is 0.401. The van der Waals surface area contributed by atoms with E-state index in [0.29, 0.717) is 12.0 Å². The molecule has 1 aromatic heterocycles. The molecule has 2 nitrogen and oxygen atoms in total. The SMILES string of the molecule is CCCNC(Cc1cc(F)ccc1F)c1sccc1OC. The summed E-state index contributed by atoms with van der Waals surface area (Å²) in [5, 5.41) is 5.32. The van der Waals surface area contributed by atoms with Crippen LogP contribution in [0.5, 0.6) is 5.75 Å². The van der Waals surface area contributed by atoms with Crippen LogP contribution in [0.15, 0.2) is 29.6 Å². The van der Waals surface area contributed by atoms with Crippen LogP contribution >= 0.6 is 11.3 Å². The molecule has 114 valence electrons. The van der Waals surface area contributed by atoms with Gasteiger partial charge in [0.15, 0.2) is 0 Å². The van der Waals surface area contributed by atoms with Crippen LogP contribution in [0.4, 0.5) is 8.78 Å². The molecule has 1 unspecified atom stereocenters. The molecule has 5 heteroatoms. The molecule has 2 rings (SSSR count). The Bertz CT molecular complexity index is 585. The number of hydrogen-bond acceptors (Lipinski definition) is 3. The Morgan fingerprint density at radius 3 is 2.81 bits per heavy atom. The molecule has 0 aliphatic carbocycles. The number of benzene rings is 1. The molecule has 1 heterocycles. The molecule has 21 heavy (non-hydrogen) atoms. The first-order chi connectivity index (χ1) is 10.2. The van der Waals surface area contributed by atoms with Gasteiger partial charge in [-0.15, -0.1) is 11.3 Å². The van der Waals surface area contributed by atoms with Crippen LogP contribution < -0.4 is 10.1 Å². The molecule has 0 saturated carbocycles. The van der Waals surface area contributed by atoms with Gasteiger partial charge in [-0.2, -0.15) is 0 Å². The van der Waals surface area contributed by atoms with Gasteiger partial charge in [0.1, 0.15) is 17.4 Å². The zero-order chi connectivity index (χ0) is 15.2. The third-order valence-electron chi connectivity index (χ3n) is 3.27. The molecule has 0 aliphatic heterocycles. The molecule has 2 aromatic rings. The minimum atomic E-state index is -0.418. The highest BCUT2D eigenvalue weighted by molar-refractivity contribution is 7.10. The summed E-state index contributed by atoms with van der Waals surface area (Å²) in [7, 11) is 1.62. The van der Waals surface area contributed by atoms with E-state index in [9.17, 15) is 8.78 Å². The van der Waals surface area contributed by atoms with E-state index in [4.69, 9.17) is 4.74 Å². The molecular weight excluding hydrogens is 292 g/mol. The molecule has 0 spiro atoms. The number of hydrogen-bond donors (Lipinski definition) is 1. The van der Waals surface area contributed by atoms with Gasteiger partial charge in [-0.3, -0.25) is 0 Å². The van der Waals surface area contributed by atoms with E-state index in [2.05, 4.69) is 12.2 Å². The van der Waals surface area contributed by atoms with Crippen LogP contribution in [-0.4, -0.2) is 13.7 Å². The van der Waals surface area contributed by atoms with Crippen molar-refractivity contribution >= 4 is 11.3 Å². The normalized spacial score (nSPS) is 12.4. The van der Waals surface area contributed by atoms with Gasteiger partial charge >= 0.3 is 0 Å². The second kappa shape index (κ2) is 7.52. The number of methoxy groups -OCH3 is 1. The fraction of sp³-hybridized carbons (Fsp3) is 0.375. The van der Waals surface area contributed by atoms with Crippen LogP contribution in [0.2, 0.25) is 0 Å². The van der Waals surface area contributed by atoms with Crippen molar-refractivity contribution in [1.29, 1.82) is 0 Å². The predicted octanol–water partition coefficient (Wildman–Crippen LogP) is 4.32. The van der Waals surface area contributed by atoms with Crippen molar-refractivity contribution in [2.24, 2.45) is 0 Å². The van der Waals surface area contributed by atoms with Gasteiger partial charge in [0, 0.05) is 6.04 Å². The Hall–Kier alpha value is -1.46. The number of nitrogens with one attached hydrogen (secondary N) is 1. The minimum absolute atomic E-state index is 0.0869. The number of thiophene rings is 1. The van der Waals surface area contributed by atoms with Gasteiger partial charge in [-0.1, -0.05) is 6.92 Å². The third-order valence-corrected chi connectivity index (χ3v) is 4.28. The van der Waals surface area contributed by atoms with Crippen LogP contribution in [0, 0.1) is 11.6 Å². The van der Waals surface area contributed by atoms with Gasteiger partial charge < -0.3 is 10.1 Å². The number of rotatable bonds is 7. The van der Waals surface area contributed by atoms with E-state index in [1.807, 2.05) is 11.4 Å². The fourth-order valence-electron chi connectivity index (χ4n) is 2.23. The second-order valence-corrected chi connectivity index (χ2v) is 5.75. The largest absolute Gasteiger partial charge is 0.496 e. The molecular formula is C16H19F2NOS. The van der Waals surface area contributed by atoms with Crippen LogP contribution in [-0.2, 0) is 6.42 Å². The summed E-state index contributed by atoms with van der Waals surface area (Å²) in [6, 6.07) is 5.38. The summed E-state index contributed by atoms with van der Waals surface area (Å²) in [6.07, 6.45) is 1.36. The zero-order valence-corrected chi connectivity index (χ0v) is 13.0. The van der Waals surface area contributed by atoms with Crippen molar-refractivity contribution < 1.29 is 13.5 Å². The van der Waals surface area contributed by atoms with Crippen LogP contribution in [0.1, 0.15) is 29.8 Å². The Labute approximate surface area is 127 Å². The predicted molar refractivity (Wildman–Crippen MR) is 82.0 cm³/mol. The highest BCUT2D eigenvalue weighted by Crippen LogP contribution is 2.33. The minimum Gasteiger partial charge on any atom is -0.496 e. The Kier molecular flexibility index (Phi) is 5.70. The van der Waals surface area contributed by atoms with Crippen molar-refractivity contribution in [3.05, 3.63) is 51.7 Å². The van der Waals surface area contributed by atoms with E-state index in [0.717, 1.165) is 29.7 Å². The topological polar surface area (TPSA) is 21.3 Å². The van der Waals surface area contributed by atoms with Crippen molar-refractivity contribution in [3.8, 4) is 5.75 Å². The van der Waals surface area contributed by atoms with Gasteiger partial charge in [0.2, 0.25) is 0 Å². The summed E-state index contributed by atoms with van der Waals surface area (Å²) < 4.78 is 32.5. The van der Waals surface area contributed by atoms with Gasteiger partial charge in [-0.05, 0) is 54.6 Å². The van der Waals surface area contributed by atoms with Crippen LogP contribution in [0.3, 0.4) is 0 Å². The summed E-state index contributed by atoms with van der Waals surface area (Å²) >= 11 is 1.56. The molecule has 1 aromatic carbocycles. The first-order valence-electron chi connectivity index (χ1n) is 6.94. The Morgan fingerprint density at radius 1 is 1.29 bits per heavy atom. The standard InChI is InChI=1S/C16H19F2NOS/c1-3-7-19-14(16-15(20-2)6-8-21-16)10-11-9-12(17)4-5-13(11)18/h4-6,8-9,14,19H,3,7,10H2,1-2H3. The zero-order valence-electron chi connectivity index (χ0n) is 12.2. The first kappa shape index (κ1) is 15.9. The Balaban J connectivity index is 2.26.